The number of fused-ring (bicyclic) bond motifs is 1. The largest absolute Gasteiger partial charge is 0.299 e. The Morgan fingerprint density at radius 2 is 2.25 bits per heavy atom. The zero-order valence-electron chi connectivity index (χ0n) is 10.9. The average molecular weight is 353 g/mol. The second-order valence-electron chi connectivity index (χ2n) is 5.12. The van der Waals surface area contributed by atoms with Crippen molar-refractivity contribution in [1.82, 2.24) is 0 Å². The highest BCUT2D eigenvalue weighted by molar-refractivity contribution is 9.10. The number of halogens is 2. The quantitative estimate of drug-likeness (QED) is 0.769. The van der Waals surface area contributed by atoms with Crippen molar-refractivity contribution in [3.05, 3.63) is 55.9 Å². The number of benzene rings is 1. The van der Waals surface area contributed by atoms with E-state index in [0.717, 1.165) is 19.3 Å². The third kappa shape index (κ3) is 2.72. The molecule has 0 N–H and O–H groups in total. The lowest BCUT2D eigenvalue weighted by atomic mass is 9.83. The zero-order valence-corrected chi connectivity index (χ0v) is 13.3. The number of carbonyl (C=O) groups excluding carboxylic acids is 1. The van der Waals surface area contributed by atoms with Crippen LogP contribution in [0.5, 0.6) is 0 Å². The third-order valence-electron chi connectivity index (χ3n) is 3.82. The van der Waals surface area contributed by atoms with Gasteiger partial charge in [0, 0.05) is 21.7 Å². The number of carbonyl (C=O) groups is 1. The summed E-state index contributed by atoms with van der Waals surface area (Å²) in [4.78, 5) is 13.8. The molecule has 0 bridgehead atoms. The molecule has 3 rings (SSSR count). The lowest BCUT2D eigenvalue weighted by Crippen LogP contribution is -2.19. The predicted octanol–water partition coefficient (Wildman–Crippen LogP) is 4.88. The molecule has 1 unspecified atom stereocenters. The molecule has 0 spiro atoms. The Balaban J connectivity index is 1.81. The molecule has 1 aliphatic carbocycles. The number of hydrogen-bond acceptors (Lipinski definition) is 2. The molecular formula is C16H14BrFOS. The van der Waals surface area contributed by atoms with Crippen molar-refractivity contribution in [3.8, 4) is 0 Å². The highest BCUT2D eigenvalue weighted by Crippen LogP contribution is 2.36. The first-order valence-corrected chi connectivity index (χ1v) is 8.35. The van der Waals surface area contributed by atoms with Crippen LogP contribution in [-0.2, 0) is 17.6 Å². The standard InChI is InChI=1S/C16H14BrFOS/c17-11-5-4-10(14(18)9-11)8-15(19)12-2-1-3-16-13(12)6-7-20-16/h4-7,9,12H,1-3,8H2. The minimum absolute atomic E-state index is 0.0481. The molecule has 1 aliphatic rings. The van der Waals surface area contributed by atoms with Gasteiger partial charge in [-0.15, -0.1) is 11.3 Å². The Labute approximate surface area is 130 Å². The number of hydrogen-bond donors (Lipinski definition) is 0. The average Bonchev–Trinajstić information content (AvgIpc) is 2.90. The van der Waals surface area contributed by atoms with Crippen molar-refractivity contribution >= 4 is 33.0 Å². The van der Waals surface area contributed by atoms with Crippen molar-refractivity contribution in [3.63, 3.8) is 0 Å². The van der Waals surface area contributed by atoms with Crippen molar-refractivity contribution in [2.45, 2.75) is 31.6 Å². The minimum atomic E-state index is -0.311. The van der Waals surface area contributed by atoms with Gasteiger partial charge in [0.05, 0.1) is 0 Å². The first kappa shape index (κ1) is 14.0. The fourth-order valence-electron chi connectivity index (χ4n) is 2.80. The SMILES string of the molecule is O=C(Cc1ccc(Br)cc1F)C1CCCc2sccc21. The van der Waals surface area contributed by atoms with E-state index in [2.05, 4.69) is 27.4 Å². The van der Waals surface area contributed by atoms with Crippen LogP contribution in [0.3, 0.4) is 0 Å². The van der Waals surface area contributed by atoms with E-state index in [1.807, 2.05) is 0 Å². The summed E-state index contributed by atoms with van der Waals surface area (Å²) < 4.78 is 14.5. The van der Waals surface area contributed by atoms with Gasteiger partial charge in [0.25, 0.3) is 0 Å². The van der Waals surface area contributed by atoms with E-state index in [-0.39, 0.29) is 23.9 Å². The third-order valence-corrected chi connectivity index (χ3v) is 5.31. The van der Waals surface area contributed by atoms with E-state index in [9.17, 15) is 9.18 Å². The van der Waals surface area contributed by atoms with Crippen LogP contribution >= 0.6 is 27.3 Å². The van der Waals surface area contributed by atoms with Crippen molar-refractivity contribution in [2.75, 3.05) is 0 Å². The lowest BCUT2D eigenvalue weighted by molar-refractivity contribution is -0.120. The van der Waals surface area contributed by atoms with Crippen LogP contribution in [0.1, 0.15) is 34.8 Å². The van der Waals surface area contributed by atoms with Gasteiger partial charge in [-0.25, -0.2) is 4.39 Å². The molecule has 104 valence electrons. The summed E-state index contributed by atoms with van der Waals surface area (Å²) in [6.07, 6.45) is 3.19. The van der Waals surface area contributed by atoms with Gasteiger partial charge in [-0.1, -0.05) is 22.0 Å². The number of thiophene rings is 1. The first-order valence-electron chi connectivity index (χ1n) is 6.68. The van der Waals surface area contributed by atoms with Crippen molar-refractivity contribution < 1.29 is 9.18 Å². The monoisotopic (exact) mass is 352 g/mol. The van der Waals surface area contributed by atoms with Crippen LogP contribution in [0.2, 0.25) is 0 Å². The normalized spacial score (nSPS) is 17.8. The predicted molar refractivity (Wildman–Crippen MR) is 82.8 cm³/mol. The van der Waals surface area contributed by atoms with Gasteiger partial charge >= 0.3 is 0 Å². The maximum Gasteiger partial charge on any atom is 0.144 e. The van der Waals surface area contributed by atoms with E-state index in [0.29, 0.717) is 10.0 Å². The van der Waals surface area contributed by atoms with Gasteiger partial charge in [0.1, 0.15) is 11.6 Å². The fourth-order valence-corrected chi connectivity index (χ4v) is 4.12. The molecule has 0 saturated heterocycles. The van der Waals surface area contributed by atoms with E-state index in [4.69, 9.17) is 0 Å². The van der Waals surface area contributed by atoms with Crippen LogP contribution < -0.4 is 0 Å². The van der Waals surface area contributed by atoms with Gasteiger partial charge in [-0.05, 0) is 54.0 Å². The Kier molecular flexibility index (Phi) is 4.03. The van der Waals surface area contributed by atoms with E-state index >= 15 is 0 Å². The molecule has 1 nitrogen and oxygen atoms in total. The summed E-state index contributed by atoms with van der Waals surface area (Å²) >= 11 is 4.96. The Hall–Kier alpha value is -1.00. The molecule has 1 aromatic carbocycles. The molecule has 2 aromatic rings. The first-order chi connectivity index (χ1) is 9.65. The second-order valence-corrected chi connectivity index (χ2v) is 7.04. The second kappa shape index (κ2) is 5.78. The molecule has 0 saturated carbocycles. The van der Waals surface area contributed by atoms with Crippen molar-refractivity contribution in [2.24, 2.45) is 0 Å². The van der Waals surface area contributed by atoms with E-state index in [1.54, 1.807) is 23.5 Å². The lowest BCUT2D eigenvalue weighted by Gasteiger charge is -2.21. The topological polar surface area (TPSA) is 17.1 Å². The summed E-state index contributed by atoms with van der Waals surface area (Å²) in [6, 6.07) is 6.94. The fraction of sp³-hybridized carbons (Fsp3) is 0.312. The maximum atomic E-state index is 13.8. The van der Waals surface area contributed by atoms with Crippen LogP contribution in [0, 0.1) is 5.82 Å². The summed E-state index contributed by atoms with van der Waals surface area (Å²) in [5.74, 6) is -0.229. The molecule has 0 radical (unpaired) electrons. The Morgan fingerprint density at radius 3 is 3.05 bits per heavy atom. The molecule has 1 heterocycles. The number of rotatable bonds is 3. The molecular weight excluding hydrogens is 339 g/mol. The zero-order chi connectivity index (χ0) is 14.1. The van der Waals surface area contributed by atoms with Gasteiger partial charge < -0.3 is 0 Å². The molecule has 20 heavy (non-hydrogen) atoms. The van der Waals surface area contributed by atoms with E-state index in [1.165, 1.54) is 16.5 Å². The van der Waals surface area contributed by atoms with E-state index < -0.39 is 0 Å². The minimum Gasteiger partial charge on any atom is -0.299 e. The van der Waals surface area contributed by atoms with Crippen LogP contribution in [0.15, 0.2) is 34.1 Å². The summed E-state index contributed by atoms with van der Waals surface area (Å²) in [5, 5.41) is 2.05. The van der Waals surface area contributed by atoms with Gasteiger partial charge in [-0.2, -0.15) is 0 Å². The van der Waals surface area contributed by atoms with Crippen LogP contribution in [0.25, 0.3) is 0 Å². The molecule has 1 atom stereocenters. The van der Waals surface area contributed by atoms with Gasteiger partial charge in [-0.3, -0.25) is 4.79 Å². The highest BCUT2D eigenvalue weighted by atomic mass is 79.9. The Morgan fingerprint density at radius 1 is 1.40 bits per heavy atom. The Bertz CT molecular complexity index is 650. The van der Waals surface area contributed by atoms with Gasteiger partial charge in [0.15, 0.2) is 0 Å². The molecule has 0 amide bonds. The molecule has 0 aliphatic heterocycles. The number of Topliss-reactive ketones (excluding diaryl/α,β-unsaturated/α-hetero) is 1. The smallest absolute Gasteiger partial charge is 0.144 e. The summed E-state index contributed by atoms with van der Waals surface area (Å²) in [5.41, 5.74) is 1.66. The van der Waals surface area contributed by atoms with Crippen molar-refractivity contribution in [1.29, 1.82) is 0 Å². The number of ketones is 1. The molecule has 0 fully saturated rings. The highest BCUT2D eigenvalue weighted by Gasteiger charge is 2.27. The molecule has 4 heteroatoms. The van der Waals surface area contributed by atoms with Crippen LogP contribution in [-0.4, -0.2) is 5.78 Å². The maximum absolute atomic E-state index is 13.8. The number of aryl methyl sites for hydroxylation is 1. The van der Waals surface area contributed by atoms with Crippen LogP contribution in [0.4, 0.5) is 4.39 Å². The summed E-state index contributed by atoms with van der Waals surface area (Å²) in [6.45, 7) is 0. The summed E-state index contributed by atoms with van der Waals surface area (Å²) in [7, 11) is 0. The molecule has 1 aromatic heterocycles. The van der Waals surface area contributed by atoms with Gasteiger partial charge in [0.2, 0.25) is 0 Å².